The summed E-state index contributed by atoms with van der Waals surface area (Å²) in [5.74, 6) is 0.718. The zero-order chi connectivity index (χ0) is 16.8. The predicted molar refractivity (Wildman–Crippen MR) is 83.4 cm³/mol. The van der Waals surface area contributed by atoms with Gasteiger partial charge < -0.3 is 14.4 Å². The molecule has 1 unspecified atom stereocenters. The van der Waals surface area contributed by atoms with E-state index in [1.165, 1.54) is 4.90 Å². The van der Waals surface area contributed by atoms with E-state index in [1.54, 1.807) is 32.2 Å². The van der Waals surface area contributed by atoms with Gasteiger partial charge in [0.25, 0.3) is 0 Å². The summed E-state index contributed by atoms with van der Waals surface area (Å²) >= 11 is 0. The lowest BCUT2D eigenvalue weighted by atomic mass is 10.1. The number of amides is 1. The van der Waals surface area contributed by atoms with Gasteiger partial charge in [-0.2, -0.15) is 5.26 Å². The number of ketones is 1. The van der Waals surface area contributed by atoms with Crippen molar-refractivity contribution in [1.29, 1.82) is 5.26 Å². The Morgan fingerprint density at radius 3 is 2.65 bits per heavy atom. The molecule has 1 atom stereocenters. The zero-order valence-electron chi connectivity index (χ0n) is 13.4. The maximum atomic E-state index is 12.2. The average molecular weight is 316 g/mol. The maximum Gasteiger partial charge on any atom is 0.222 e. The van der Waals surface area contributed by atoms with E-state index in [-0.39, 0.29) is 30.4 Å². The van der Waals surface area contributed by atoms with Crippen LogP contribution in [0.3, 0.4) is 0 Å². The summed E-state index contributed by atoms with van der Waals surface area (Å²) in [6.45, 7) is 3.09. The minimum absolute atomic E-state index is 0.114. The first-order valence-corrected chi connectivity index (χ1v) is 7.57. The quantitative estimate of drug-likeness (QED) is 0.750. The topological polar surface area (TPSA) is 79.6 Å². The second-order valence-electron chi connectivity index (χ2n) is 5.59. The van der Waals surface area contributed by atoms with Crippen molar-refractivity contribution in [3.8, 4) is 17.6 Å². The number of ether oxygens (including phenoxy) is 2. The molecular weight excluding hydrogens is 296 g/mol. The fourth-order valence-corrected chi connectivity index (χ4v) is 2.33. The Kier molecular flexibility index (Phi) is 5.58. The molecule has 0 bridgehead atoms. The van der Waals surface area contributed by atoms with Crippen molar-refractivity contribution in [3.63, 3.8) is 0 Å². The monoisotopic (exact) mass is 316 g/mol. The van der Waals surface area contributed by atoms with E-state index in [2.05, 4.69) is 6.07 Å². The smallest absolute Gasteiger partial charge is 0.222 e. The molecule has 0 aromatic heterocycles. The number of carbonyl (C=O) groups is 2. The van der Waals surface area contributed by atoms with Crippen LogP contribution in [0.5, 0.6) is 11.5 Å². The van der Waals surface area contributed by atoms with Crippen molar-refractivity contribution in [3.05, 3.63) is 23.8 Å². The van der Waals surface area contributed by atoms with Gasteiger partial charge in [-0.1, -0.05) is 0 Å². The average Bonchev–Trinajstić information content (AvgIpc) is 2.58. The van der Waals surface area contributed by atoms with Gasteiger partial charge >= 0.3 is 0 Å². The van der Waals surface area contributed by atoms with Gasteiger partial charge in [0, 0.05) is 32.0 Å². The molecule has 122 valence electrons. The molecule has 6 nitrogen and oxygen atoms in total. The molecule has 0 fully saturated rings. The summed E-state index contributed by atoms with van der Waals surface area (Å²) in [6, 6.07) is 7.13. The summed E-state index contributed by atoms with van der Waals surface area (Å²) in [7, 11) is 1.64. The molecule has 0 saturated carbocycles. The fraction of sp³-hybridized carbons (Fsp3) is 0.471. The third-order valence-corrected chi connectivity index (χ3v) is 3.62. The number of Topliss-reactive ketones (excluding diaryl/α,β-unsaturated/α-hetero) is 1. The Balaban J connectivity index is 1.90. The van der Waals surface area contributed by atoms with Crippen LogP contribution in [-0.2, 0) is 4.79 Å². The van der Waals surface area contributed by atoms with E-state index in [1.807, 2.05) is 0 Å². The lowest BCUT2D eigenvalue weighted by molar-refractivity contribution is -0.130. The fourth-order valence-electron chi connectivity index (χ4n) is 2.33. The van der Waals surface area contributed by atoms with Crippen molar-refractivity contribution in [2.45, 2.75) is 19.8 Å². The second-order valence-corrected chi connectivity index (χ2v) is 5.59. The van der Waals surface area contributed by atoms with Crippen LogP contribution >= 0.6 is 0 Å². The number of benzene rings is 1. The highest BCUT2D eigenvalue weighted by Gasteiger charge is 2.17. The van der Waals surface area contributed by atoms with Crippen LogP contribution in [0.25, 0.3) is 0 Å². The molecule has 0 saturated heterocycles. The van der Waals surface area contributed by atoms with E-state index in [0.717, 1.165) is 0 Å². The summed E-state index contributed by atoms with van der Waals surface area (Å²) in [5.41, 5.74) is 0.509. The zero-order valence-corrected chi connectivity index (χ0v) is 13.4. The summed E-state index contributed by atoms with van der Waals surface area (Å²) < 4.78 is 10.9. The van der Waals surface area contributed by atoms with Gasteiger partial charge in [-0.15, -0.1) is 0 Å². The number of hydrogen-bond acceptors (Lipinski definition) is 5. The molecule has 1 aromatic rings. The van der Waals surface area contributed by atoms with Crippen LogP contribution in [0.15, 0.2) is 18.2 Å². The third-order valence-electron chi connectivity index (χ3n) is 3.62. The minimum Gasteiger partial charge on any atom is -0.486 e. The molecule has 0 aliphatic carbocycles. The van der Waals surface area contributed by atoms with Crippen LogP contribution < -0.4 is 9.47 Å². The molecule has 1 amide bonds. The van der Waals surface area contributed by atoms with E-state index < -0.39 is 0 Å². The van der Waals surface area contributed by atoms with Crippen molar-refractivity contribution < 1.29 is 19.1 Å². The Bertz CT molecular complexity index is 636. The van der Waals surface area contributed by atoms with Gasteiger partial charge in [-0.3, -0.25) is 9.59 Å². The van der Waals surface area contributed by atoms with Crippen molar-refractivity contribution in [1.82, 2.24) is 4.90 Å². The highest BCUT2D eigenvalue weighted by molar-refractivity contribution is 5.98. The van der Waals surface area contributed by atoms with Crippen molar-refractivity contribution in [2.75, 3.05) is 26.8 Å². The summed E-state index contributed by atoms with van der Waals surface area (Å²) in [6.07, 6.45) is 0.256. The minimum atomic E-state index is -0.225. The standard InChI is InChI=1S/C17H20N2O4/c1-12(10-18)11-19(2)17(21)6-4-14(20)13-3-5-15-16(9-13)23-8-7-22-15/h3,5,9,12H,4,6-8,11H2,1-2H3. The molecule has 0 radical (unpaired) electrons. The highest BCUT2D eigenvalue weighted by Crippen LogP contribution is 2.31. The predicted octanol–water partition coefficient (Wildman–Crippen LogP) is 2.04. The van der Waals surface area contributed by atoms with Crippen LogP contribution in [0.4, 0.5) is 0 Å². The molecule has 0 N–H and O–H groups in total. The molecule has 1 aliphatic heterocycles. The molecular formula is C17H20N2O4. The number of fused-ring (bicyclic) bond motifs is 1. The largest absolute Gasteiger partial charge is 0.486 e. The first-order chi connectivity index (χ1) is 11.0. The van der Waals surface area contributed by atoms with E-state index >= 15 is 0 Å². The molecule has 2 rings (SSSR count). The van der Waals surface area contributed by atoms with E-state index in [9.17, 15) is 9.59 Å². The summed E-state index contributed by atoms with van der Waals surface area (Å²) in [4.78, 5) is 25.7. The van der Waals surface area contributed by atoms with E-state index in [4.69, 9.17) is 14.7 Å². The summed E-state index contributed by atoms with van der Waals surface area (Å²) in [5, 5.41) is 8.76. The number of hydrogen-bond donors (Lipinski definition) is 0. The molecule has 0 spiro atoms. The van der Waals surface area contributed by atoms with Gasteiger partial charge in [-0.25, -0.2) is 0 Å². The Morgan fingerprint density at radius 2 is 1.96 bits per heavy atom. The lowest BCUT2D eigenvalue weighted by Gasteiger charge is -2.19. The first-order valence-electron chi connectivity index (χ1n) is 7.57. The lowest BCUT2D eigenvalue weighted by Crippen LogP contribution is -2.30. The maximum absolute atomic E-state index is 12.2. The number of carbonyl (C=O) groups excluding carboxylic acids is 2. The third kappa shape index (κ3) is 4.46. The van der Waals surface area contributed by atoms with Gasteiger partial charge in [0.05, 0.1) is 12.0 Å². The van der Waals surface area contributed by atoms with Crippen LogP contribution in [0, 0.1) is 17.2 Å². The van der Waals surface area contributed by atoms with Gasteiger partial charge in [-0.05, 0) is 25.1 Å². The molecule has 1 aliphatic rings. The molecule has 1 aromatic carbocycles. The van der Waals surface area contributed by atoms with Gasteiger partial charge in [0.2, 0.25) is 5.91 Å². The SMILES string of the molecule is CC(C#N)CN(C)C(=O)CCC(=O)c1ccc2c(c1)OCCO2. The Hall–Kier alpha value is -2.55. The second kappa shape index (κ2) is 7.63. The van der Waals surface area contributed by atoms with Crippen LogP contribution in [0.2, 0.25) is 0 Å². The van der Waals surface area contributed by atoms with Crippen LogP contribution in [0.1, 0.15) is 30.1 Å². The normalized spacial score (nSPS) is 13.8. The Labute approximate surface area is 135 Å². The molecule has 1 heterocycles. The van der Waals surface area contributed by atoms with Crippen LogP contribution in [-0.4, -0.2) is 43.4 Å². The molecule has 6 heteroatoms. The Morgan fingerprint density at radius 1 is 1.26 bits per heavy atom. The number of rotatable bonds is 6. The van der Waals surface area contributed by atoms with Gasteiger partial charge in [0.15, 0.2) is 17.3 Å². The number of nitriles is 1. The number of nitrogens with zero attached hydrogens (tertiary/aromatic N) is 2. The van der Waals surface area contributed by atoms with Crippen molar-refractivity contribution in [2.24, 2.45) is 5.92 Å². The molecule has 23 heavy (non-hydrogen) atoms. The van der Waals surface area contributed by atoms with E-state index in [0.29, 0.717) is 36.8 Å². The highest BCUT2D eigenvalue weighted by atomic mass is 16.6. The van der Waals surface area contributed by atoms with Crippen molar-refractivity contribution >= 4 is 11.7 Å². The first kappa shape index (κ1) is 16.8. The van der Waals surface area contributed by atoms with Gasteiger partial charge in [0.1, 0.15) is 13.2 Å².